The molecule has 7 aromatic rings. The minimum Gasteiger partial charge on any atom is -0.378 e. The number of para-hydroxylation sites is 1. The summed E-state index contributed by atoms with van der Waals surface area (Å²) >= 11 is 38.9. The minimum atomic E-state index is -3.87. The Hall–Kier alpha value is -6.79. The molecule has 0 aliphatic carbocycles. The molecule has 3 aliphatic heterocycles. The van der Waals surface area contributed by atoms with Gasteiger partial charge in [-0.1, -0.05) is 124 Å². The quantitative estimate of drug-likeness (QED) is 0.0164. The van der Waals surface area contributed by atoms with Gasteiger partial charge in [-0.25, -0.2) is 44.2 Å². The largest absolute Gasteiger partial charge is 0.378 e. The number of carbonyl (C=O) groups excluding carboxylic acids is 4. The molecule has 0 bridgehead atoms. The highest BCUT2D eigenvalue weighted by molar-refractivity contribution is 7.90. The lowest BCUT2D eigenvalue weighted by atomic mass is 9.83. The van der Waals surface area contributed by atoms with Gasteiger partial charge in [-0.3, -0.25) is 14.4 Å². The van der Waals surface area contributed by atoms with Gasteiger partial charge in [0.25, 0.3) is 0 Å². The summed E-state index contributed by atoms with van der Waals surface area (Å²) in [4.78, 5) is 61.6. The normalized spacial score (nSPS) is 15.7. The van der Waals surface area contributed by atoms with E-state index in [1.165, 1.54) is 0 Å². The van der Waals surface area contributed by atoms with E-state index in [0.29, 0.717) is 75.1 Å². The van der Waals surface area contributed by atoms with Crippen LogP contribution in [-0.2, 0) is 107 Å². The summed E-state index contributed by atoms with van der Waals surface area (Å²) in [6, 6.07) is 39.4. The van der Waals surface area contributed by atoms with Crippen LogP contribution in [0.2, 0.25) is 30.1 Å². The van der Waals surface area contributed by atoms with E-state index in [1.54, 1.807) is 103 Å². The van der Waals surface area contributed by atoms with E-state index in [9.17, 15) is 44.4 Å². The van der Waals surface area contributed by atoms with Gasteiger partial charge < -0.3 is 83.9 Å². The van der Waals surface area contributed by atoms with E-state index in [0.717, 1.165) is 50.1 Å². The predicted octanol–water partition coefficient (Wildman–Crippen LogP) is 11.0. The lowest BCUT2D eigenvalue weighted by Crippen LogP contribution is -2.52. The molecule has 8 N–H and O–H groups in total. The Morgan fingerprint density at radius 2 is 0.625 bits per heavy atom. The number of hydrogen-bond donors (Lipinski definition) is 8. The number of ether oxygens (including phenoxy) is 9. The molecule has 128 heavy (non-hydrogen) atoms. The number of fused-ring (bicyclic) bond motifs is 3. The van der Waals surface area contributed by atoms with Crippen molar-refractivity contribution in [3.8, 4) is 0 Å². The Kier molecular flexibility index (Phi) is 42.5. The van der Waals surface area contributed by atoms with E-state index >= 15 is 0 Å². The number of likely N-dealkylation sites (N-methyl/N-ethyl adjacent to an activating group) is 3. The molecule has 0 radical (unpaired) electrons. The summed E-state index contributed by atoms with van der Waals surface area (Å²) in [5.41, 5.74) is 7.45. The molecule has 700 valence electrons. The van der Waals surface area contributed by atoms with Crippen LogP contribution < -0.4 is 40.8 Å². The van der Waals surface area contributed by atoms with Crippen molar-refractivity contribution in [2.75, 3.05) is 204 Å². The van der Waals surface area contributed by atoms with Crippen molar-refractivity contribution in [2.24, 2.45) is 0 Å². The van der Waals surface area contributed by atoms with E-state index in [-0.39, 0.29) is 247 Å². The number of nitrogens with one attached hydrogen (secondary N) is 8. The maximum absolute atomic E-state index is 14.0. The smallest absolute Gasteiger partial charge is 0.319 e. The minimum absolute atomic E-state index is 0.0228. The first-order valence-corrected chi connectivity index (χ1v) is 49.2. The standard InChI is InChI=1S/C89H115Cl6N11O19S3/c1-104-57-76(73-51-66(90)54-82(93)79(73)60-104)63-10-7-15-70(48-63)126(111,112)99-27-33-120-39-45-123-42-36-117-30-24-96-85(107)18-21-89(103-88(110)102-69-13-5-4-6-14-69,22-19-86(108)97-25-31-118-37-43-124-46-40-121-34-28-100-127(113,114)71-16-8-11-64(49-71)77-58-105(2)61-80-74(77)52-67(91)55-83(80)94)23-20-87(109)98-26-32-119-38-44-125-47-41-122-35-29-101-128(115,116)72-17-9-12-65(50-72)78-59-106(3)62-81-75(78)53-68(92)56-84(81)95/h4-17,48-56,76-78,99-101H,18-47,57-62H2,1-3H3,(H,96,107)(H,97,108)(H,98,109)(H2,102,103,110)/t76-,77-,78-/m0/s1. The first-order chi connectivity index (χ1) is 61.5. The number of urea groups is 1. The molecule has 30 nitrogen and oxygen atoms in total. The number of anilines is 1. The van der Waals surface area contributed by atoms with Crippen LogP contribution in [0, 0.1) is 0 Å². The number of benzene rings is 7. The fourth-order valence-corrected chi connectivity index (χ4v) is 20.2. The van der Waals surface area contributed by atoms with Gasteiger partial charge in [0.2, 0.25) is 47.8 Å². The van der Waals surface area contributed by atoms with Gasteiger partial charge in [0.15, 0.2) is 0 Å². The number of sulfonamides is 3. The summed E-state index contributed by atoms with van der Waals surface area (Å²) in [5, 5.41) is 17.7. The lowest BCUT2D eigenvalue weighted by Gasteiger charge is -2.35. The molecule has 7 aromatic carbocycles. The zero-order valence-electron chi connectivity index (χ0n) is 72.1. The SMILES string of the molecule is CN1Cc2c(Cl)cc(Cl)cc2[C@H](c2cccc(S(=O)(=O)NCCOCCOCCOCCNC(=O)CCC(CCC(=O)NCCOCCOCCOCCNS(=O)(=O)c3cccc([C@@H]4CN(C)Cc5c(Cl)cc(Cl)cc54)c3)(CCC(=O)NCCOCCOCCOCCNS(=O)(=O)c3cccc([C@@H]4CN(C)Cc5c(Cl)cc(Cl)cc54)c3)NC(=O)Nc3ccccc3)c2)C1. The second-order valence-corrected chi connectivity index (χ2v) is 39.1. The van der Waals surface area contributed by atoms with Gasteiger partial charge in [0.05, 0.1) is 134 Å². The zero-order valence-corrected chi connectivity index (χ0v) is 79.0. The molecule has 39 heteroatoms. The summed E-state index contributed by atoms with van der Waals surface area (Å²) in [6.07, 6.45) is -0.271. The molecule has 0 unspecified atom stereocenters. The van der Waals surface area contributed by atoms with Crippen molar-refractivity contribution < 1.29 is 87.1 Å². The fourth-order valence-electron chi connectivity index (χ4n) is 15.3. The van der Waals surface area contributed by atoms with Crippen LogP contribution in [0.4, 0.5) is 10.5 Å². The third-order valence-corrected chi connectivity index (χ3v) is 27.7. The second kappa shape index (κ2) is 52.6. The van der Waals surface area contributed by atoms with Crippen LogP contribution >= 0.6 is 69.6 Å². The van der Waals surface area contributed by atoms with E-state index in [2.05, 4.69) is 55.4 Å². The highest BCUT2D eigenvalue weighted by Gasteiger charge is 2.36. The number of hydrogen-bond acceptors (Lipinski definition) is 22. The van der Waals surface area contributed by atoms with Crippen molar-refractivity contribution in [2.45, 2.75) is 96.1 Å². The third kappa shape index (κ3) is 33.4. The summed E-state index contributed by atoms with van der Waals surface area (Å²) < 4.78 is 139. The van der Waals surface area contributed by atoms with Crippen molar-refractivity contribution in [3.63, 3.8) is 0 Å². The van der Waals surface area contributed by atoms with E-state index < -0.39 is 41.6 Å². The van der Waals surface area contributed by atoms with Crippen molar-refractivity contribution in [1.82, 2.24) is 50.1 Å². The molecule has 5 amide bonds. The molecule has 3 aliphatic rings. The maximum atomic E-state index is 14.0. The van der Waals surface area contributed by atoms with Crippen LogP contribution in [0.15, 0.2) is 154 Å². The van der Waals surface area contributed by atoms with E-state index in [4.69, 9.17) is 112 Å². The topological polar surface area (TPSA) is 360 Å². The Labute approximate surface area is 780 Å². The number of halogens is 6. The maximum Gasteiger partial charge on any atom is 0.319 e. The number of amides is 5. The van der Waals surface area contributed by atoms with Crippen LogP contribution in [0.1, 0.15) is 106 Å². The van der Waals surface area contributed by atoms with Crippen molar-refractivity contribution in [1.29, 1.82) is 0 Å². The highest BCUT2D eigenvalue weighted by atomic mass is 35.5. The molecule has 3 atom stereocenters. The molecule has 3 heterocycles. The van der Waals surface area contributed by atoms with Crippen molar-refractivity contribution in [3.05, 3.63) is 220 Å². The van der Waals surface area contributed by atoms with Gasteiger partial charge in [0, 0.05) is 157 Å². The molecule has 0 fully saturated rings. The molecule has 10 rings (SSSR count). The molecular weight excluding hydrogens is 1840 g/mol. The molecule has 0 aromatic heterocycles. The van der Waals surface area contributed by atoms with Crippen LogP contribution in [0.3, 0.4) is 0 Å². The molecule has 0 saturated heterocycles. The Balaban J connectivity index is 0.623. The number of carbonyl (C=O) groups is 4. The molecule has 0 spiro atoms. The zero-order chi connectivity index (χ0) is 91.5. The summed E-state index contributed by atoms with van der Waals surface area (Å²) in [7, 11) is -5.66. The molecular formula is C89H115Cl6N11O19S3. The monoisotopic (exact) mass is 1950 g/mol. The van der Waals surface area contributed by atoms with Gasteiger partial charge in [-0.15, -0.1) is 0 Å². The van der Waals surface area contributed by atoms with Gasteiger partial charge in [0.1, 0.15) is 0 Å². The second-order valence-electron chi connectivity index (χ2n) is 31.3. The summed E-state index contributed by atoms with van der Waals surface area (Å²) in [5.74, 6) is -1.54. The molecule has 0 saturated carbocycles. The Morgan fingerprint density at radius 3 is 0.914 bits per heavy atom. The van der Waals surface area contributed by atoms with Crippen LogP contribution in [0.25, 0.3) is 0 Å². The predicted molar refractivity (Wildman–Crippen MR) is 494 cm³/mol. The highest BCUT2D eigenvalue weighted by Crippen LogP contribution is 2.43. The summed E-state index contributed by atoms with van der Waals surface area (Å²) in [6.45, 7) is 7.56. The Morgan fingerprint density at radius 1 is 0.352 bits per heavy atom. The first-order valence-electron chi connectivity index (χ1n) is 42.5. The fraction of sp³-hybridized carbons (Fsp3) is 0.483. The van der Waals surface area contributed by atoms with E-state index in [1.807, 2.05) is 57.5 Å². The average molecular weight is 1950 g/mol. The number of nitrogens with zero attached hydrogens (tertiary/aromatic N) is 3. The van der Waals surface area contributed by atoms with Crippen LogP contribution in [-0.4, -0.2) is 268 Å². The van der Waals surface area contributed by atoms with Crippen molar-refractivity contribution >= 4 is 129 Å². The Bertz CT molecular complexity index is 4690. The number of rotatable bonds is 56. The third-order valence-electron chi connectivity index (χ3n) is 21.6. The van der Waals surface area contributed by atoms with Gasteiger partial charge >= 0.3 is 6.03 Å². The van der Waals surface area contributed by atoms with Crippen LogP contribution in [0.5, 0.6) is 0 Å². The van der Waals surface area contributed by atoms with Gasteiger partial charge in [-0.2, -0.15) is 0 Å². The first kappa shape index (κ1) is 103. The average Bonchev–Trinajstić information content (AvgIpc) is 0.778. The van der Waals surface area contributed by atoms with Gasteiger partial charge in [-0.05, 0) is 175 Å². The lowest BCUT2D eigenvalue weighted by molar-refractivity contribution is -0.121.